The molecular weight excluding hydrogens is 1590 g/mol. The van der Waals surface area contributed by atoms with Crippen molar-refractivity contribution in [3.63, 3.8) is 0 Å². The predicted octanol–water partition coefficient (Wildman–Crippen LogP) is 35.3. The van der Waals surface area contributed by atoms with E-state index in [9.17, 15) is 0 Å². The zero-order valence-corrected chi connectivity index (χ0v) is 80.5. The van der Waals surface area contributed by atoms with Gasteiger partial charge in [-0.2, -0.15) is 0 Å². The number of hydrogen-bond donors (Lipinski definition) is 1. The Labute approximate surface area is 746 Å². The molecule has 0 radical (unpaired) electrons. The SMILES string of the molecule is CC(C)(C)c1cc(Cl)cc(N(c2ccc3c(c2)C(C)(C)CCC3(C)C)c2ccc(C(C)(C)C)cc2-c2ccccc2)c1.CC(C)(C)c1ccc(N(c2cccc(Cl)c2)c2cc(N(c3ccc4c(c3)C(C)(C)CCC4(C)C)c3ccc(C(C)(C)C)cc3-c3ccccc3)cc(C(C)(C)C)c2)cc1.CC(C)(C)c1ccc(N)cc1.Clc1cccc(Br)c1. The van der Waals surface area contributed by atoms with E-state index < -0.39 is 0 Å². The van der Waals surface area contributed by atoms with E-state index in [1.165, 1.54) is 103 Å². The van der Waals surface area contributed by atoms with Crippen LogP contribution in [0.25, 0.3) is 22.3 Å². The second-order valence-electron chi connectivity index (χ2n) is 42.2. The van der Waals surface area contributed by atoms with Crippen molar-refractivity contribution in [2.45, 2.75) is 260 Å². The minimum atomic E-state index is -0.146. The highest BCUT2D eigenvalue weighted by Gasteiger charge is 2.40. The van der Waals surface area contributed by atoms with Gasteiger partial charge in [0.1, 0.15) is 0 Å². The lowest BCUT2D eigenvalue weighted by molar-refractivity contribution is 0.332. The zero-order chi connectivity index (χ0) is 87.8. The normalized spacial score (nSPS) is 14.8. The maximum absolute atomic E-state index is 6.89. The van der Waals surface area contributed by atoms with Crippen LogP contribution in [0.5, 0.6) is 0 Å². The van der Waals surface area contributed by atoms with Gasteiger partial charge in [0.15, 0.2) is 0 Å². The second-order valence-corrected chi connectivity index (χ2v) is 44.4. The molecular formula is C112H132BrCl3N4. The van der Waals surface area contributed by atoms with Gasteiger partial charge in [0.2, 0.25) is 0 Å². The Hall–Kier alpha value is -8.81. The molecule has 12 aromatic rings. The Morgan fingerprint density at radius 3 is 0.958 bits per heavy atom. The van der Waals surface area contributed by atoms with Gasteiger partial charge in [-0.05, 0) is 292 Å². The molecule has 0 fully saturated rings. The summed E-state index contributed by atoms with van der Waals surface area (Å²) in [6.45, 7) is 60.1. The number of hydrogen-bond acceptors (Lipinski definition) is 4. The Morgan fingerprint density at radius 2 is 0.583 bits per heavy atom. The number of fused-ring (bicyclic) bond motifs is 2. The molecule has 14 rings (SSSR count). The molecule has 0 aliphatic heterocycles. The summed E-state index contributed by atoms with van der Waals surface area (Å²) in [6.07, 6.45) is 4.71. The molecule has 120 heavy (non-hydrogen) atoms. The van der Waals surface area contributed by atoms with Crippen molar-refractivity contribution in [1.82, 2.24) is 0 Å². The van der Waals surface area contributed by atoms with Crippen LogP contribution in [-0.4, -0.2) is 0 Å². The largest absolute Gasteiger partial charge is 0.399 e. The van der Waals surface area contributed by atoms with E-state index >= 15 is 0 Å². The van der Waals surface area contributed by atoms with Crippen LogP contribution in [0.4, 0.5) is 56.9 Å². The third-order valence-electron chi connectivity index (χ3n) is 24.5. The number of anilines is 10. The number of nitrogens with two attached hydrogens (primary N) is 1. The summed E-state index contributed by atoms with van der Waals surface area (Å²) in [5, 5.41) is 2.23. The van der Waals surface area contributed by atoms with Crippen LogP contribution in [0.1, 0.15) is 261 Å². The minimum Gasteiger partial charge on any atom is -0.399 e. The lowest BCUT2D eigenvalue weighted by Crippen LogP contribution is -2.34. The number of nitrogens with zero attached hydrogens (tertiary/aromatic N) is 3. The summed E-state index contributed by atoms with van der Waals surface area (Å²) in [6, 6.07) is 96.9. The molecule has 0 spiro atoms. The Kier molecular flexibility index (Phi) is 27.2. The number of rotatable bonds is 11. The molecule has 0 bridgehead atoms. The van der Waals surface area contributed by atoms with Gasteiger partial charge in [-0.3, -0.25) is 0 Å². The Balaban J connectivity index is 0.000000198. The van der Waals surface area contributed by atoms with Crippen molar-refractivity contribution in [2.75, 3.05) is 20.4 Å². The smallest absolute Gasteiger partial charge is 0.0540 e. The van der Waals surface area contributed by atoms with E-state index in [0.29, 0.717) is 5.02 Å². The molecule has 2 aliphatic rings. The number of nitrogen functional groups attached to an aromatic ring is 1. The van der Waals surface area contributed by atoms with Crippen molar-refractivity contribution < 1.29 is 0 Å². The van der Waals surface area contributed by atoms with Gasteiger partial charge in [0.25, 0.3) is 0 Å². The molecule has 0 saturated carbocycles. The summed E-state index contributed by atoms with van der Waals surface area (Å²) in [7, 11) is 0. The minimum absolute atomic E-state index is 0.0202. The first-order valence-electron chi connectivity index (χ1n) is 43.0. The molecule has 0 unspecified atom stereocenters. The number of halogens is 4. The highest BCUT2D eigenvalue weighted by Crippen LogP contribution is 2.54. The molecule has 0 aromatic heterocycles. The van der Waals surface area contributed by atoms with E-state index in [-0.39, 0.29) is 54.1 Å². The van der Waals surface area contributed by atoms with Gasteiger partial charge in [-0.1, -0.05) is 352 Å². The molecule has 2 N–H and O–H groups in total. The average Bonchev–Trinajstić information content (AvgIpc) is 0.743. The van der Waals surface area contributed by atoms with Gasteiger partial charge in [0, 0.05) is 76.2 Å². The molecule has 4 nitrogen and oxygen atoms in total. The first-order chi connectivity index (χ1) is 55.8. The molecule has 0 amide bonds. The van der Waals surface area contributed by atoms with Crippen LogP contribution >= 0.6 is 50.7 Å². The van der Waals surface area contributed by atoms with E-state index in [4.69, 9.17) is 40.5 Å². The zero-order valence-electron chi connectivity index (χ0n) is 76.7. The average molecular weight is 1720 g/mol. The first-order valence-corrected chi connectivity index (χ1v) is 44.9. The van der Waals surface area contributed by atoms with E-state index in [0.717, 1.165) is 72.1 Å². The van der Waals surface area contributed by atoms with Crippen molar-refractivity contribution in [3.05, 3.63) is 342 Å². The maximum atomic E-state index is 6.89. The summed E-state index contributed by atoms with van der Waals surface area (Å²) in [4.78, 5) is 7.34. The van der Waals surface area contributed by atoms with Crippen LogP contribution in [0.2, 0.25) is 15.1 Å². The molecule has 0 atom stereocenters. The quantitative estimate of drug-likeness (QED) is 0.131. The van der Waals surface area contributed by atoms with Crippen molar-refractivity contribution in [3.8, 4) is 22.3 Å². The first kappa shape index (κ1) is 91.9. The van der Waals surface area contributed by atoms with Crippen molar-refractivity contribution in [1.29, 1.82) is 0 Å². The fourth-order valence-electron chi connectivity index (χ4n) is 16.4. The summed E-state index contributed by atoms with van der Waals surface area (Å²) in [5.41, 5.74) is 35.3. The van der Waals surface area contributed by atoms with Crippen LogP contribution in [-0.2, 0) is 54.1 Å². The van der Waals surface area contributed by atoms with Gasteiger partial charge in [-0.25, -0.2) is 0 Å². The number of benzene rings is 12. The molecule has 2 aliphatic carbocycles. The Bertz CT molecular complexity index is 5540. The maximum Gasteiger partial charge on any atom is 0.0540 e. The van der Waals surface area contributed by atoms with Crippen LogP contribution in [0, 0.1) is 0 Å². The van der Waals surface area contributed by atoms with E-state index in [1.54, 1.807) is 0 Å². The third-order valence-corrected chi connectivity index (χ3v) is 25.7. The van der Waals surface area contributed by atoms with Crippen molar-refractivity contribution >= 4 is 108 Å². The summed E-state index contributed by atoms with van der Waals surface area (Å²) >= 11 is 22.6. The van der Waals surface area contributed by atoms with Crippen LogP contribution < -0.4 is 20.4 Å². The fourth-order valence-corrected chi connectivity index (χ4v) is 17.6. The molecule has 12 aromatic carbocycles. The van der Waals surface area contributed by atoms with Gasteiger partial charge >= 0.3 is 0 Å². The standard InChI is InChI=1S/C56H65ClN2.C40H48ClN.C10H15N.C6H4BrCl/c1-52(2,3)39-22-25-43(26-23-39)58(44-21-17-20-42(57)35-44)46-32-41(54(7,8)9)33-47(36-46)59(45-27-28-49-50(37-45)56(12,13)31-30-55(49,10)11)51-29-24-40(53(4,5)6)34-48(51)38-18-15-14-16-19-38;1-37(2,3)28-16-19-36(33(24-28)27-14-12-11-13-15-27)42(32-23-29(38(4,5)6)22-30(41)25-32)31-17-18-34-35(26-31)40(9,10)21-20-39(34,7)8;1-10(2,3)8-4-6-9(11)7-5-8;7-5-2-1-3-6(8)4-5/h14-29,32-37H,30-31H2,1-13H3;11-19,22-26H,20-21H2,1-10H3;4-7H,11H2,1-3H3;1-4H. The second kappa shape index (κ2) is 35.6. The lowest BCUT2D eigenvalue weighted by Gasteiger charge is -2.42. The highest BCUT2D eigenvalue weighted by molar-refractivity contribution is 9.10. The Morgan fingerprint density at radius 1 is 0.258 bits per heavy atom. The molecule has 0 saturated heterocycles. The van der Waals surface area contributed by atoms with Gasteiger partial charge in [0.05, 0.1) is 11.4 Å². The van der Waals surface area contributed by atoms with E-state index in [2.05, 4.69) is 429 Å². The van der Waals surface area contributed by atoms with Crippen LogP contribution in [0.15, 0.2) is 271 Å². The van der Waals surface area contributed by atoms with Crippen LogP contribution in [0.3, 0.4) is 0 Å². The lowest BCUT2D eigenvalue weighted by atomic mass is 9.63. The monoisotopic (exact) mass is 1720 g/mol. The molecule has 0 heterocycles. The summed E-state index contributed by atoms with van der Waals surface area (Å²) < 4.78 is 1.02. The van der Waals surface area contributed by atoms with Gasteiger partial charge in [-0.15, -0.1) is 0 Å². The van der Waals surface area contributed by atoms with Gasteiger partial charge < -0.3 is 20.4 Å². The summed E-state index contributed by atoms with van der Waals surface area (Å²) in [5.74, 6) is 0. The fraction of sp³-hybridized carbons (Fsp3) is 0.357. The molecule has 628 valence electrons. The van der Waals surface area contributed by atoms with E-state index in [1.807, 2.05) is 48.5 Å². The topological polar surface area (TPSA) is 35.7 Å². The highest BCUT2D eigenvalue weighted by atomic mass is 79.9. The molecule has 8 heteroatoms. The predicted molar refractivity (Wildman–Crippen MR) is 531 cm³/mol. The van der Waals surface area contributed by atoms with Crippen molar-refractivity contribution in [2.24, 2.45) is 0 Å². The third kappa shape index (κ3) is 22.0.